The maximum absolute atomic E-state index is 12.3. The van der Waals surface area contributed by atoms with E-state index in [1.165, 1.54) is 0 Å². The fraction of sp³-hybridized carbons (Fsp3) is 0.462. The summed E-state index contributed by atoms with van der Waals surface area (Å²) in [5.41, 5.74) is 2.15. The summed E-state index contributed by atoms with van der Waals surface area (Å²) in [7, 11) is 1.75. The van der Waals surface area contributed by atoms with E-state index in [9.17, 15) is 4.79 Å². The van der Waals surface area contributed by atoms with E-state index in [0.29, 0.717) is 5.69 Å². The zero-order valence-corrected chi connectivity index (χ0v) is 13.6. The van der Waals surface area contributed by atoms with Gasteiger partial charge in [-0.05, 0) is 42.8 Å². The molecule has 2 aromatic rings. The van der Waals surface area contributed by atoms with E-state index in [2.05, 4.69) is 31.4 Å². The Morgan fingerprint density at radius 1 is 1.50 bits per heavy atom. The van der Waals surface area contributed by atoms with Gasteiger partial charge in [0.25, 0.3) is 5.91 Å². The molecule has 0 fully saturated rings. The minimum Gasteiger partial charge on any atom is -0.343 e. The minimum absolute atomic E-state index is 0.155. The summed E-state index contributed by atoms with van der Waals surface area (Å²) in [5.74, 6) is -0.168. The third-order valence-electron chi connectivity index (χ3n) is 3.14. The van der Waals surface area contributed by atoms with E-state index in [1.54, 1.807) is 11.7 Å². The van der Waals surface area contributed by atoms with Crippen molar-refractivity contribution < 1.29 is 4.79 Å². The quantitative estimate of drug-likeness (QED) is 0.928. The summed E-state index contributed by atoms with van der Waals surface area (Å²) in [6.07, 6.45) is 1.90. The van der Waals surface area contributed by atoms with Gasteiger partial charge in [-0.1, -0.05) is 0 Å². The van der Waals surface area contributed by atoms with E-state index in [-0.39, 0.29) is 11.9 Å². The highest BCUT2D eigenvalue weighted by Crippen LogP contribution is 2.21. The van der Waals surface area contributed by atoms with Gasteiger partial charge in [0.05, 0.1) is 21.9 Å². The van der Waals surface area contributed by atoms with Gasteiger partial charge in [-0.3, -0.25) is 14.2 Å². The highest BCUT2D eigenvalue weighted by Gasteiger charge is 2.20. The second kappa shape index (κ2) is 5.78. The lowest BCUT2D eigenvalue weighted by atomic mass is 10.2. The van der Waals surface area contributed by atoms with Crippen molar-refractivity contribution >= 4 is 21.8 Å². The van der Waals surface area contributed by atoms with Crippen LogP contribution in [0.25, 0.3) is 0 Å². The van der Waals surface area contributed by atoms with Gasteiger partial charge in [-0.25, -0.2) is 0 Å². The zero-order chi connectivity index (χ0) is 14.9. The predicted molar refractivity (Wildman–Crippen MR) is 79.4 cm³/mol. The van der Waals surface area contributed by atoms with Crippen molar-refractivity contribution in [3.8, 4) is 0 Å². The fourth-order valence-corrected chi connectivity index (χ4v) is 2.52. The smallest absolute Gasteiger partial charge is 0.271 e. The number of rotatable bonds is 4. The molecule has 0 saturated carbocycles. The molecule has 0 aliphatic heterocycles. The van der Waals surface area contributed by atoms with Gasteiger partial charge < -0.3 is 5.32 Å². The summed E-state index contributed by atoms with van der Waals surface area (Å²) in [6.45, 7) is 6.60. The summed E-state index contributed by atoms with van der Waals surface area (Å²) in [4.78, 5) is 12.3. The molecule has 1 N–H and O–H groups in total. The van der Waals surface area contributed by atoms with Gasteiger partial charge in [0.15, 0.2) is 0 Å². The molecule has 0 saturated heterocycles. The average molecular weight is 340 g/mol. The molecule has 0 aliphatic carbocycles. The standard InChI is InChI=1S/C13H18BrN5O/c1-5-19-7-6-10(17-19)8(2)15-13(20)12-11(14)9(3)16-18(12)4/h6-8H,5H2,1-4H3,(H,15,20). The Kier molecular flexibility index (Phi) is 4.27. The number of amides is 1. The van der Waals surface area contributed by atoms with Gasteiger partial charge in [0.2, 0.25) is 0 Å². The lowest BCUT2D eigenvalue weighted by Crippen LogP contribution is -2.29. The van der Waals surface area contributed by atoms with E-state index in [4.69, 9.17) is 0 Å². The normalized spacial score (nSPS) is 12.4. The van der Waals surface area contributed by atoms with Crippen molar-refractivity contribution in [2.24, 2.45) is 7.05 Å². The van der Waals surface area contributed by atoms with Gasteiger partial charge >= 0.3 is 0 Å². The summed E-state index contributed by atoms with van der Waals surface area (Å²) in [6, 6.07) is 1.76. The average Bonchev–Trinajstić information content (AvgIpc) is 2.95. The van der Waals surface area contributed by atoms with Gasteiger partial charge in [0, 0.05) is 19.8 Å². The third-order valence-corrected chi connectivity index (χ3v) is 4.09. The molecule has 0 aliphatic rings. The van der Waals surface area contributed by atoms with Crippen LogP contribution in [0, 0.1) is 6.92 Å². The molecule has 0 radical (unpaired) electrons. The summed E-state index contributed by atoms with van der Waals surface area (Å²) < 4.78 is 4.14. The Balaban J connectivity index is 2.15. The summed E-state index contributed by atoms with van der Waals surface area (Å²) in [5, 5.41) is 11.6. The number of nitrogens with one attached hydrogen (secondary N) is 1. The lowest BCUT2D eigenvalue weighted by Gasteiger charge is -2.12. The van der Waals surface area contributed by atoms with Crippen molar-refractivity contribution in [2.45, 2.75) is 33.4 Å². The molecule has 0 spiro atoms. The van der Waals surface area contributed by atoms with Crippen molar-refractivity contribution in [3.63, 3.8) is 0 Å². The molecule has 0 aromatic carbocycles. The van der Waals surface area contributed by atoms with Gasteiger partial charge in [-0.15, -0.1) is 0 Å². The molecule has 1 amide bonds. The molecule has 7 heteroatoms. The number of hydrogen-bond acceptors (Lipinski definition) is 3. The highest BCUT2D eigenvalue weighted by atomic mass is 79.9. The SMILES string of the molecule is CCn1ccc(C(C)NC(=O)c2c(Br)c(C)nn2C)n1. The Bertz CT molecular complexity index is 631. The van der Waals surface area contributed by atoms with Crippen LogP contribution in [0.3, 0.4) is 0 Å². The number of aryl methyl sites for hydroxylation is 3. The molecule has 0 bridgehead atoms. The number of hydrogen-bond donors (Lipinski definition) is 1. The maximum Gasteiger partial charge on any atom is 0.271 e. The first-order chi connectivity index (χ1) is 9.43. The third kappa shape index (κ3) is 2.77. The van der Waals surface area contributed by atoms with Crippen LogP contribution >= 0.6 is 15.9 Å². The molecule has 2 rings (SSSR count). The second-order valence-electron chi connectivity index (χ2n) is 4.66. The van der Waals surface area contributed by atoms with Crippen LogP contribution in [-0.2, 0) is 13.6 Å². The molecule has 2 aromatic heterocycles. The molecule has 2 heterocycles. The first-order valence-corrected chi connectivity index (χ1v) is 7.26. The van der Waals surface area contributed by atoms with Crippen LogP contribution in [0.5, 0.6) is 0 Å². The largest absolute Gasteiger partial charge is 0.343 e. The number of halogens is 1. The first kappa shape index (κ1) is 14.8. The molecular formula is C13H18BrN5O. The second-order valence-corrected chi connectivity index (χ2v) is 5.46. The summed E-state index contributed by atoms with van der Waals surface area (Å²) >= 11 is 3.40. The zero-order valence-electron chi connectivity index (χ0n) is 12.0. The predicted octanol–water partition coefficient (Wildman–Crippen LogP) is 2.20. The van der Waals surface area contributed by atoms with Crippen LogP contribution in [0.15, 0.2) is 16.7 Å². The Morgan fingerprint density at radius 2 is 2.20 bits per heavy atom. The number of carbonyl (C=O) groups excluding carboxylic acids is 1. The molecule has 1 atom stereocenters. The first-order valence-electron chi connectivity index (χ1n) is 6.47. The van der Waals surface area contributed by atoms with Crippen LogP contribution in [0.2, 0.25) is 0 Å². The van der Waals surface area contributed by atoms with Crippen molar-refractivity contribution in [1.82, 2.24) is 24.9 Å². The molecule has 6 nitrogen and oxygen atoms in total. The Hall–Kier alpha value is -1.63. The van der Waals surface area contributed by atoms with Crippen molar-refractivity contribution in [2.75, 3.05) is 0 Å². The molecule has 108 valence electrons. The number of aromatic nitrogens is 4. The molecule has 1 unspecified atom stereocenters. The monoisotopic (exact) mass is 339 g/mol. The molecular weight excluding hydrogens is 322 g/mol. The Labute approximate surface area is 126 Å². The Morgan fingerprint density at radius 3 is 2.70 bits per heavy atom. The van der Waals surface area contributed by atoms with Gasteiger partial charge in [0.1, 0.15) is 5.69 Å². The van der Waals surface area contributed by atoms with E-state index in [0.717, 1.165) is 22.4 Å². The number of carbonyl (C=O) groups is 1. The molecule has 20 heavy (non-hydrogen) atoms. The van der Waals surface area contributed by atoms with Gasteiger partial charge in [-0.2, -0.15) is 10.2 Å². The van der Waals surface area contributed by atoms with E-state index >= 15 is 0 Å². The minimum atomic E-state index is -0.168. The highest BCUT2D eigenvalue weighted by molar-refractivity contribution is 9.10. The maximum atomic E-state index is 12.3. The lowest BCUT2D eigenvalue weighted by molar-refractivity contribution is 0.0928. The van der Waals surface area contributed by atoms with Crippen LogP contribution in [-0.4, -0.2) is 25.5 Å². The fourth-order valence-electron chi connectivity index (χ4n) is 2.00. The van der Waals surface area contributed by atoms with Crippen LogP contribution in [0.1, 0.15) is 41.8 Å². The number of nitrogens with zero attached hydrogens (tertiary/aromatic N) is 4. The van der Waals surface area contributed by atoms with Crippen LogP contribution < -0.4 is 5.32 Å². The topological polar surface area (TPSA) is 64.7 Å². The van der Waals surface area contributed by atoms with Crippen molar-refractivity contribution in [1.29, 1.82) is 0 Å². The van der Waals surface area contributed by atoms with E-state index < -0.39 is 0 Å². The van der Waals surface area contributed by atoms with E-state index in [1.807, 2.05) is 37.7 Å². The van der Waals surface area contributed by atoms with Crippen molar-refractivity contribution in [3.05, 3.63) is 33.8 Å². The van der Waals surface area contributed by atoms with Crippen LogP contribution in [0.4, 0.5) is 0 Å².